The van der Waals surface area contributed by atoms with Crippen LogP contribution in [0.5, 0.6) is 0 Å². The van der Waals surface area contributed by atoms with Crippen LogP contribution in [0, 0.1) is 0 Å². The van der Waals surface area contributed by atoms with Gasteiger partial charge < -0.3 is 14.7 Å². The van der Waals surface area contributed by atoms with Crippen molar-refractivity contribution in [3.05, 3.63) is 57.8 Å². The topological polar surface area (TPSA) is 43.9 Å². The minimum absolute atomic E-state index is 0.0178. The first-order valence-corrected chi connectivity index (χ1v) is 10.5. The maximum absolute atomic E-state index is 13.4. The molecule has 1 aliphatic rings. The van der Waals surface area contributed by atoms with E-state index in [9.17, 15) is 9.59 Å². The number of carbonyl (C=O) groups excluding carboxylic acids is 2. The first-order chi connectivity index (χ1) is 13.2. The normalized spacial score (nSPS) is 16.5. The van der Waals surface area contributed by atoms with Crippen molar-refractivity contribution in [1.29, 1.82) is 0 Å². The Morgan fingerprint density at radius 3 is 2.43 bits per heavy atom. The number of urea groups is 1. The van der Waals surface area contributed by atoms with Crippen LogP contribution >= 0.6 is 11.3 Å². The van der Waals surface area contributed by atoms with E-state index in [4.69, 9.17) is 0 Å². The zero-order valence-electron chi connectivity index (χ0n) is 17.3. The highest BCUT2D eigenvalue weighted by atomic mass is 32.1. The molecule has 0 fully saturated rings. The van der Waals surface area contributed by atoms with Crippen LogP contribution in [0.3, 0.4) is 0 Å². The minimum atomic E-state index is -0.442. The van der Waals surface area contributed by atoms with E-state index in [1.807, 2.05) is 43.9 Å². The molecular formula is C22H29N3O2S. The molecule has 3 amide bonds. The fourth-order valence-corrected chi connectivity index (χ4v) is 4.54. The van der Waals surface area contributed by atoms with Crippen molar-refractivity contribution in [1.82, 2.24) is 14.7 Å². The van der Waals surface area contributed by atoms with Crippen LogP contribution in [0.25, 0.3) is 0 Å². The summed E-state index contributed by atoms with van der Waals surface area (Å²) in [4.78, 5) is 32.6. The average Bonchev–Trinajstić information content (AvgIpc) is 3.13. The van der Waals surface area contributed by atoms with Crippen LogP contribution in [-0.4, -0.2) is 59.4 Å². The molecular weight excluding hydrogens is 370 g/mol. The number of rotatable bonds is 3. The number of hydrogen-bond acceptors (Lipinski definition) is 3. The summed E-state index contributed by atoms with van der Waals surface area (Å²) in [5, 5.41) is 2.10. The summed E-state index contributed by atoms with van der Waals surface area (Å²) in [5.74, 6) is -0.0178. The third-order valence-corrected chi connectivity index (χ3v) is 6.11. The van der Waals surface area contributed by atoms with Crippen LogP contribution in [0.15, 0.2) is 41.8 Å². The quantitative estimate of drug-likeness (QED) is 0.783. The molecule has 0 radical (unpaired) electrons. The first-order valence-electron chi connectivity index (χ1n) is 9.59. The summed E-state index contributed by atoms with van der Waals surface area (Å²) < 4.78 is 0. The average molecular weight is 400 g/mol. The van der Waals surface area contributed by atoms with Gasteiger partial charge in [0.25, 0.3) is 0 Å². The van der Waals surface area contributed by atoms with Crippen LogP contribution in [0.2, 0.25) is 0 Å². The van der Waals surface area contributed by atoms with Gasteiger partial charge in [-0.1, -0.05) is 30.3 Å². The smallest absolute Gasteiger partial charge is 0.320 e. The predicted molar refractivity (Wildman–Crippen MR) is 114 cm³/mol. The molecule has 1 aliphatic heterocycles. The molecule has 3 rings (SSSR count). The number of hydrogen-bond donors (Lipinski definition) is 0. The SMILES string of the molecule is CN(C)C(=O)N(CC(=O)N1CCc2sccc2C1c1ccccc1)C(C)(C)C. The van der Waals surface area contributed by atoms with Crippen molar-refractivity contribution in [2.45, 2.75) is 38.8 Å². The van der Waals surface area contributed by atoms with E-state index in [1.165, 1.54) is 15.3 Å². The van der Waals surface area contributed by atoms with Crippen molar-refractivity contribution in [3.8, 4) is 0 Å². The summed E-state index contributed by atoms with van der Waals surface area (Å²) in [6.07, 6.45) is 0.860. The van der Waals surface area contributed by atoms with Gasteiger partial charge in [0.2, 0.25) is 5.91 Å². The van der Waals surface area contributed by atoms with E-state index in [1.54, 1.807) is 30.3 Å². The Balaban J connectivity index is 1.92. The standard InChI is InChI=1S/C22H29N3O2S/c1-22(2,3)25(21(27)23(4)5)15-19(26)24-13-11-18-17(12-14-28-18)20(24)16-9-7-6-8-10-16/h6-10,12,14,20H,11,13,15H2,1-5H3. The molecule has 150 valence electrons. The van der Waals surface area contributed by atoms with Gasteiger partial charge in [-0.25, -0.2) is 4.79 Å². The molecule has 0 spiro atoms. The lowest BCUT2D eigenvalue weighted by Gasteiger charge is -2.41. The molecule has 6 heteroatoms. The van der Waals surface area contributed by atoms with Gasteiger partial charge in [-0.3, -0.25) is 4.79 Å². The van der Waals surface area contributed by atoms with Gasteiger partial charge >= 0.3 is 6.03 Å². The zero-order chi connectivity index (χ0) is 20.5. The van der Waals surface area contributed by atoms with Gasteiger partial charge in [-0.2, -0.15) is 0 Å². The number of thiophene rings is 1. The Morgan fingerprint density at radius 2 is 1.82 bits per heavy atom. The number of fused-ring (bicyclic) bond motifs is 1. The first kappa shape index (κ1) is 20.4. The third kappa shape index (κ3) is 4.07. The van der Waals surface area contributed by atoms with Crippen LogP contribution in [0.1, 0.15) is 42.8 Å². The highest BCUT2D eigenvalue weighted by Gasteiger charge is 2.36. The number of carbonyl (C=O) groups is 2. The number of benzene rings is 1. The van der Waals surface area contributed by atoms with E-state index in [2.05, 4.69) is 23.6 Å². The van der Waals surface area contributed by atoms with Crippen LogP contribution in [0.4, 0.5) is 4.79 Å². The van der Waals surface area contributed by atoms with Gasteiger partial charge in [0, 0.05) is 31.1 Å². The monoisotopic (exact) mass is 399 g/mol. The highest BCUT2D eigenvalue weighted by molar-refractivity contribution is 7.10. The molecule has 1 aromatic heterocycles. The van der Waals surface area contributed by atoms with E-state index in [0.29, 0.717) is 6.54 Å². The van der Waals surface area contributed by atoms with E-state index >= 15 is 0 Å². The van der Waals surface area contributed by atoms with Gasteiger partial charge in [-0.15, -0.1) is 11.3 Å². The van der Waals surface area contributed by atoms with Crippen molar-refractivity contribution in [2.75, 3.05) is 27.2 Å². The lowest BCUT2D eigenvalue weighted by atomic mass is 9.93. The molecule has 1 atom stereocenters. The van der Waals surface area contributed by atoms with E-state index < -0.39 is 5.54 Å². The van der Waals surface area contributed by atoms with E-state index in [-0.39, 0.29) is 24.5 Å². The number of nitrogens with zero attached hydrogens (tertiary/aromatic N) is 3. The van der Waals surface area contributed by atoms with Gasteiger partial charge in [0.05, 0.1) is 6.04 Å². The van der Waals surface area contributed by atoms with Gasteiger partial charge in [-0.05, 0) is 49.8 Å². The fourth-order valence-electron chi connectivity index (χ4n) is 3.64. The summed E-state index contributed by atoms with van der Waals surface area (Å²) in [5.41, 5.74) is 1.87. The summed E-state index contributed by atoms with van der Waals surface area (Å²) >= 11 is 1.76. The van der Waals surface area contributed by atoms with Crippen molar-refractivity contribution in [2.24, 2.45) is 0 Å². The molecule has 0 saturated heterocycles. The van der Waals surface area contributed by atoms with Crippen molar-refractivity contribution < 1.29 is 9.59 Å². The van der Waals surface area contributed by atoms with Gasteiger partial charge in [0.1, 0.15) is 6.54 Å². The molecule has 1 aromatic carbocycles. The Labute approximate surface area is 171 Å². The summed E-state index contributed by atoms with van der Waals surface area (Å²) in [6.45, 7) is 6.62. The molecule has 0 bridgehead atoms. The van der Waals surface area contributed by atoms with Crippen LogP contribution in [-0.2, 0) is 11.2 Å². The van der Waals surface area contributed by atoms with Gasteiger partial charge in [0.15, 0.2) is 0 Å². The van der Waals surface area contributed by atoms with E-state index in [0.717, 1.165) is 12.0 Å². The summed E-state index contributed by atoms with van der Waals surface area (Å²) in [6, 6.07) is 12.0. The lowest BCUT2D eigenvalue weighted by molar-refractivity contribution is -0.135. The molecule has 0 saturated carbocycles. The largest absolute Gasteiger partial charge is 0.331 e. The molecule has 2 aromatic rings. The second-order valence-corrected chi connectivity index (χ2v) is 9.38. The Morgan fingerprint density at radius 1 is 1.14 bits per heavy atom. The zero-order valence-corrected chi connectivity index (χ0v) is 18.1. The minimum Gasteiger partial charge on any atom is -0.331 e. The highest BCUT2D eigenvalue weighted by Crippen LogP contribution is 2.37. The Bertz CT molecular complexity index is 839. The number of amides is 3. The molecule has 5 nitrogen and oxygen atoms in total. The second kappa shape index (κ2) is 7.95. The predicted octanol–water partition coefficient (Wildman–Crippen LogP) is 4.00. The maximum atomic E-state index is 13.4. The Hall–Kier alpha value is -2.34. The van der Waals surface area contributed by atoms with Crippen molar-refractivity contribution in [3.63, 3.8) is 0 Å². The lowest BCUT2D eigenvalue weighted by Crippen LogP contribution is -2.55. The molecule has 28 heavy (non-hydrogen) atoms. The summed E-state index contributed by atoms with van der Waals surface area (Å²) in [7, 11) is 3.44. The Kier molecular flexibility index (Phi) is 5.79. The fraction of sp³-hybridized carbons (Fsp3) is 0.455. The molecule has 0 N–H and O–H groups in total. The van der Waals surface area contributed by atoms with Crippen molar-refractivity contribution >= 4 is 23.3 Å². The molecule has 2 heterocycles. The third-order valence-electron chi connectivity index (χ3n) is 5.12. The molecule has 0 aliphatic carbocycles. The van der Waals surface area contributed by atoms with Crippen LogP contribution < -0.4 is 0 Å². The molecule has 1 unspecified atom stereocenters. The second-order valence-electron chi connectivity index (χ2n) is 8.38. The maximum Gasteiger partial charge on any atom is 0.320 e.